The Morgan fingerprint density at radius 2 is 1.97 bits per heavy atom. The van der Waals surface area contributed by atoms with Gasteiger partial charge in [0.15, 0.2) is 17.5 Å². The molecule has 1 aliphatic heterocycles. The number of halogens is 2. The van der Waals surface area contributed by atoms with E-state index < -0.39 is 5.60 Å². The Kier molecular flexibility index (Phi) is 11.5. The highest BCUT2D eigenvalue weighted by molar-refractivity contribution is 14.0. The van der Waals surface area contributed by atoms with Crippen LogP contribution in [0.25, 0.3) is 0 Å². The predicted octanol–water partition coefficient (Wildman–Crippen LogP) is 3.31. The summed E-state index contributed by atoms with van der Waals surface area (Å²) in [5.74, 6) is 0.214. The Morgan fingerprint density at radius 3 is 2.52 bits per heavy atom. The van der Waals surface area contributed by atoms with Gasteiger partial charge in [0.05, 0.1) is 7.11 Å². The van der Waals surface area contributed by atoms with E-state index in [1.165, 1.54) is 13.2 Å². The van der Waals surface area contributed by atoms with Crippen LogP contribution in [0.5, 0.6) is 5.75 Å². The molecular formula is C22H36FIN4O3. The molecule has 0 aromatic heterocycles. The van der Waals surface area contributed by atoms with Crippen LogP contribution in [0.4, 0.5) is 4.39 Å². The molecule has 176 valence electrons. The van der Waals surface area contributed by atoms with Crippen LogP contribution in [0.3, 0.4) is 0 Å². The van der Waals surface area contributed by atoms with Gasteiger partial charge in [0.25, 0.3) is 0 Å². The van der Waals surface area contributed by atoms with Crippen LogP contribution in [-0.2, 0) is 16.1 Å². The van der Waals surface area contributed by atoms with E-state index in [1.54, 1.807) is 6.07 Å². The summed E-state index contributed by atoms with van der Waals surface area (Å²) in [5.41, 5.74) is 0.421. The van der Waals surface area contributed by atoms with E-state index in [-0.39, 0.29) is 54.1 Å². The molecule has 0 unspecified atom stereocenters. The van der Waals surface area contributed by atoms with Crippen LogP contribution in [0.1, 0.15) is 46.1 Å². The average molecular weight is 550 g/mol. The summed E-state index contributed by atoms with van der Waals surface area (Å²) >= 11 is 0. The second-order valence-electron chi connectivity index (χ2n) is 8.45. The number of nitrogens with zero attached hydrogens (tertiary/aromatic N) is 2. The number of ether oxygens (including phenoxy) is 2. The van der Waals surface area contributed by atoms with Gasteiger partial charge in [-0.15, -0.1) is 24.0 Å². The van der Waals surface area contributed by atoms with Gasteiger partial charge in [-0.25, -0.2) is 9.38 Å². The molecular weight excluding hydrogens is 514 g/mol. The third-order valence-electron chi connectivity index (χ3n) is 4.68. The summed E-state index contributed by atoms with van der Waals surface area (Å²) in [6.07, 6.45) is 1.88. The maximum Gasteiger partial charge on any atom is 0.328 e. The van der Waals surface area contributed by atoms with E-state index in [2.05, 4.69) is 20.5 Å². The summed E-state index contributed by atoms with van der Waals surface area (Å²) < 4.78 is 24.2. The molecule has 7 nitrogen and oxygen atoms in total. The Labute approximate surface area is 202 Å². The Hall–Kier alpha value is -1.62. The Morgan fingerprint density at radius 1 is 1.29 bits per heavy atom. The van der Waals surface area contributed by atoms with E-state index >= 15 is 0 Å². The van der Waals surface area contributed by atoms with Crippen LogP contribution in [0, 0.1) is 5.82 Å². The van der Waals surface area contributed by atoms with E-state index in [9.17, 15) is 9.18 Å². The number of esters is 1. The number of piperidine rings is 1. The summed E-state index contributed by atoms with van der Waals surface area (Å²) in [5, 5.41) is 6.59. The number of hydrogen-bond acceptors (Lipinski definition) is 5. The number of aliphatic imine (C=N–C) groups is 1. The lowest BCUT2D eigenvalue weighted by molar-refractivity contribution is -0.152. The van der Waals surface area contributed by atoms with Crippen molar-refractivity contribution in [2.75, 3.05) is 33.3 Å². The number of carbonyl (C=O) groups is 1. The molecule has 0 bridgehead atoms. The zero-order valence-electron chi connectivity index (χ0n) is 19.2. The first-order valence-corrected chi connectivity index (χ1v) is 10.5. The lowest BCUT2D eigenvalue weighted by Crippen LogP contribution is -2.48. The van der Waals surface area contributed by atoms with Gasteiger partial charge in [0, 0.05) is 32.2 Å². The summed E-state index contributed by atoms with van der Waals surface area (Å²) in [7, 11) is 1.47. The minimum atomic E-state index is -0.516. The van der Waals surface area contributed by atoms with Gasteiger partial charge in [0.1, 0.15) is 12.1 Å². The minimum Gasteiger partial charge on any atom is -0.494 e. The van der Waals surface area contributed by atoms with E-state index in [0.717, 1.165) is 31.5 Å². The first-order chi connectivity index (χ1) is 14.2. The molecule has 2 rings (SSSR count). The number of nitrogens with one attached hydrogen (secondary N) is 2. The Bertz CT molecular complexity index is 732. The highest BCUT2D eigenvalue weighted by Crippen LogP contribution is 2.20. The van der Waals surface area contributed by atoms with Crippen molar-refractivity contribution < 1.29 is 18.7 Å². The zero-order valence-corrected chi connectivity index (χ0v) is 21.5. The molecule has 0 aliphatic carbocycles. The van der Waals surface area contributed by atoms with Crippen molar-refractivity contribution in [2.45, 2.75) is 58.7 Å². The van der Waals surface area contributed by atoms with Crippen LogP contribution in [0.15, 0.2) is 23.2 Å². The van der Waals surface area contributed by atoms with Crippen LogP contribution >= 0.6 is 24.0 Å². The normalized spacial score (nSPS) is 15.7. The molecule has 2 N–H and O–H groups in total. The molecule has 1 heterocycles. The fourth-order valence-corrected chi connectivity index (χ4v) is 3.33. The summed E-state index contributed by atoms with van der Waals surface area (Å²) in [4.78, 5) is 18.6. The third kappa shape index (κ3) is 10.0. The fraction of sp³-hybridized carbons (Fsp3) is 0.636. The van der Waals surface area contributed by atoms with Gasteiger partial charge in [-0.05, 0) is 58.2 Å². The summed E-state index contributed by atoms with van der Waals surface area (Å²) in [6, 6.07) is 5.38. The van der Waals surface area contributed by atoms with E-state index in [4.69, 9.17) is 9.47 Å². The number of hydrogen-bond donors (Lipinski definition) is 2. The molecule has 1 aliphatic rings. The van der Waals surface area contributed by atoms with Crippen LogP contribution in [-0.4, -0.2) is 61.8 Å². The van der Waals surface area contributed by atoms with Gasteiger partial charge < -0.3 is 20.1 Å². The smallest absolute Gasteiger partial charge is 0.328 e. The first kappa shape index (κ1) is 27.4. The van der Waals surface area contributed by atoms with Crippen molar-refractivity contribution >= 4 is 35.9 Å². The minimum absolute atomic E-state index is 0. The van der Waals surface area contributed by atoms with Crippen LogP contribution < -0.4 is 15.4 Å². The molecule has 9 heteroatoms. The van der Waals surface area contributed by atoms with Crippen molar-refractivity contribution in [1.29, 1.82) is 0 Å². The van der Waals surface area contributed by atoms with Gasteiger partial charge in [-0.3, -0.25) is 9.69 Å². The molecule has 0 saturated carbocycles. The molecule has 1 fully saturated rings. The highest BCUT2D eigenvalue weighted by Gasteiger charge is 2.21. The van der Waals surface area contributed by atoms with Crippen LogP contribution in [0.2, 0.25) is 0 Å². The van der Waals surface area contributed by atoms with E-state index in [0.29, 0.717) is 19.0 Å². The van der Waals surface area contributed by atoms with Gasteiger partial charge in [-0.2, -0.15) is 0 Å². The molecule has 1 aromatic carbocycles. The van der Waals surface area contributed by atoms with Crippen molar-refractivity contribution in [3.63, 3.8) is 0 Å². The summed E-state index contributed by atoms with van der Waals surface area (Å²) in [6.45, 7) is 10.7. The van der Waals surface area contributed by atoms with E-state index in [1.807, 2.05) is 33.8 Å². The third-order valence-corrected chi connectivity index (χ3v) is 4.68. The second-order valence-corrected chi connectivity index (χ2v) is 8.45. The lowest BCUT2D eigenvalue weighted by atomic mass is 10.0. The predicted molar refractivity (Wildman–Crippen MR) is 132 cm³/mol. The van der Waals surface area contributed by atoms with Gasteiger partial charge in [0.2, 0.25) is 0 Å². The number of guanidine groups is 1. The largest absolute Gasteiger partial charge is 0.494 e. The molecule has 0 atom stereocenters. The number of methoxy groups -OCH3 is 1. The average Bonchev–Trinajstić information content (AvgIpc) is 2.67. The second kappa shape index (κ2) is 13.0. The lowest BCUT2D eigenvalue weighted by Gasteiger charge is -2.33. The molecule has 0 spiro atoms. The first-order valence-electron chi connectivity index (χ1n) is 10.5. The number of carbonyl (C=O) groups excluding carboxylic acids is 1. The Balaban J connectivity index is 0.00000480. The number of likely N-dealkylation sites (tertiary alicyclic amines) is 1. The number of rotatable bonds is 7. The fourth-order valence-electron chi connectivity index (χ4n) is 3.33. The SMILES string of the molecule is CCNC(=NCC(=O)OC(C)(C)C)NC1CCN(Cc2ccc(OC)c(F)c2)CC1.I. The molecule has 31 heavy (non-hydrogen) atoms. The monoisotopic (exact) mass is 550 g/mol. The molecule has 1 aromatic rings. The van der Waals surface area contributed by atoms with Crippen molar-refractivity contribution in [1.82, 2.24) is 15.5 Å². The number of benzene rings is 1. The molecule has 1 saturated heterocycles. The van der Waals surface area contributed by atoms with Gasteiger partial charge >= 0.3 is 5.97 Å². The zero-order chi connectivity index (χ0) is 22.1. The van der Waals surface area contributed by atoms with Crippen molar-refractivity contribution in [3.05, 3.63) is 29.6 Å². The molecule has 0 radical (unpaired) electrons. The highest BCUT2D eigenvalue weighted by atomic mass is 127. The molecule has 0 amide bonds. The van der Waals surface area contributed by atoms with Crippen molar-refractivity contribution in [3.8, 4) is 5.75 Å². The standard InChI is InChI=1S/C22H35FN4O3.HI/c1-6-24-21(25-14-20(28)30-22(2,3)4)26-17-9-11-27(12-10-17)15-16-7-8-19(29-5)18(23)13-16;/h7-8,13,17H,6,9-12,14-15H2,1-5H3,(H2,24,25,26);1H. The quantitative estimate of drug-likeness (QED) is 0.235. The maximum atomic E-state index is 13.9. The maximum absolute atomic E-state index is 13.9. The van der Waals surface area contributed by atoms with Gasteiger partial charge in [-0.1, -0.05) is 6.07 Å². The van der Waals surface area contributed by atoms with Crippen molar-refractivity contribution in [2.24, 2.45) is 4.99 Å². The topological polar surface area (TPSA) is 75.2 Å².